The Bertz CT molecular complexity index is 426. The van der Waals surface area contributed by atoms with Crippen molar-refractivity contribution in [1.29, 1.82) is 0 Å². The molecule has 0 amide bonds. The van der Waals surface area contributed by atoms with Gasteiger partial charge in [0.25, 0.3) is 0 Å². The Balaban J connectivity index is 0.000000141. The standard InChI is InChI=1S/C6H10O4.2C6H10O2/c7-5(8)3-1-2-4-6(9)10;2*7-4-2-1-3-5-6(4)8-5/h1-4H2,(H,7,8)(H,9,10);2*4-7H,1-3H2. The minimum Gasteiger partial charge on any atom is -0.481 e. The Hall–Kier alpha value is -1.22. The van der Waals surface area contributed by atoms with Crippen LogP contribution < -0.4 is 0 Å². The van der Waals surface area contributed by atoms with E-state index in [0.29, 0.717) is 25.0 Å². The molecule has 0 aromatic rings. The lowest BCUT2D eigenvalue weighted by atomic mass is 9.98. The molecule has 2 aliphatic carbocycles. The van der Waals surface area contributed by atoms with Crippen LogP contribution in [0.3, 0.4) is 0 Å². The first-order valence-electron chi connectivity index (χ1n) is 9.49. The molecule has 4 aliphatic rings. The SMILES string of the molecule is O=C(O)CCCCC(=O)O.OC1CCCC2OC12.OC1CCCC2OC12. The third kappa shape index (κ3) is 7.57. The van der Waals surface area contributed by atoms with Gasteiger partial charge in [-0.1, -0.05) is 0 Å². The van der Waals surface area contributed by atoms with Crippen molar-refractivity contribution < 1.29 is 39.5 Å². The normalized spacial score (nSPS) is 36.1. The van der Waals surface area contributed by atoms with Gasteiger partial charge < -0.3 is 29.9 Å². The number of fused-ring (bicyclic) bond motifs is 2. The third-order valence-electron chi connectivity index (χ3n) is 5.01. The second-order valence-corrected chi connectivity index (χ2v) is 7.27. The van der Waals surface area contributed by atoms with Gasteiger partial charge in [0.1, 0.15) is 12.2 Å². The smallest absolute Gasteiger partial charge is 0.303 e. The predicted molar refractivity (Wildman–Crippen MR) is 90.8 cm³/mol. The zero-order valence-corrected chi connectivity index (χ0v) is 15.0. The fourth-order valence-electron chi connectivity index (χ4n) is 3.39. The van der Waals surface area contributed by atoms with E-state index in [0.717, 1.165) is 25.7 Å². The molecule has 26 heavy (non-hydrogen) atoms. The molecule has 2 heterocycles. The largest absolute Gasteiger partial charge is 0.481 e. The van der Waals surface area contributed by atoms with E-state index in [1.165, 1.54) is 12.8 Å². The van der Waals surface area contributed by atoms with Crippen LogP contribution in [0.15, 0.2) is 0 Å². The van der Waals surface area contributed by atoms with Crippen LogP contribution in [0.4, 0.5) is 0 Å². The summed E-state index contributed by atoms with van der Waals surface area (Å²) in [5, 5.41) is 34.5. The Morgan fingerprint density at radius 1 is 0.731 bits per heavy atom. The number of hydrogen-bond donors (Lipinski definition) is 4. The van der Waals surface area contributed by atoms with Gasteiger partial charge in [-0.25, -0.2) is 0 Å². The van der Waals surface area contributed by atoms with Crippen molar-refractivity contribution in [2.24, 2.45) is 0 Å². The fourth-order valence-corrected chi connectivity index (χ4v) is 3.39. The highest BCUT2D eigenvalue weighted by atomic mass is 16.6. The van der Waals surface area contributed by atoms with Gasteiger partial charge in [-0.2, -0.15) is 0 Å². The van der Waals surface area contributed by atoms with Gasteiger partial charge in [0.05, 0.1) is 24.4 Å². The summed E-state index contributed by atoms with van der Waals surface area (Å²) in [6, 6.07) is 0. The topological polar surface area (TPSA) is 140 Å². The monoisotopic (exact) mass is 374 g/mol. The second-order valence-electron chi connectivity index (χ2n) is 7.27. The number of hydrogen-bond acceptors (Lipinski definition) is 6. The van der Waals surface area contributed by atoms with E-state index in [1.54, 1.807) is 0 Å². The molecular weight excluding hydrogens is 344 g/mol. The van der Waals surface area contributed by atoms with Crippen LogP contribution in [0.5, 0.6) is 0 Å². The highest BCUT2D eigenvalue weighted by Crippen LogP contribution is 2.36. The molecular formula is C18H30O8. The number of unbranched alkanes of at least 4 members (excludes halogenated alkanes) is 1. The minimum absolute atomic E-state index is 0.0628. The average molecular weight is 374 g/mol. The van der Waals surface area contributed by atoms with Gasteiger partial charge in [0, 0.05) is 12.8 Å². The molecule has 2 aliphatic heterocycles. The molecule has 2 saturated heterocycles. The van der Waals surface area contributed by atoms with E-state index in [2.05, 4.69) is 0 Å². The van der Waals surface area contributed by atoms with E-state index in [9.17, 15) is 9.59 Å². The van der Waals surface area contributed by atoms with Crippen molar-refractivity contribution >= 4 is 11.9 Å². The summed E-state index contributed by atoms with van der Waals surface area (Å²) in [5.41, 5.74) is 0. The van der Waals surface area contributed by atoms with E-state index in [-0.39, 0.29) is 37.3 Å². The first-order chi connectivity index (χ1) is 12.4. The van der Waals surface area contributed by atoms with Crippen molar-refractivity contribution in [2.75, 3.05) is 0 Å². The zero-order valence-electron chi connectivity index (χ0n) is 15.0. The van der Waals surface area contributed by atoms with Gasteiger partial charge in [-0.05, 0) is 51.4 Å². The maximum Gasteiger partial charge on any atom is 0.303 e. The third-order valence-corrected chi connectivity index (χ3v) is 5.01. The highest BCUT2D eigenvalue weighted by Gasteiger charge is 2.47. The molecule has 150 valence electrons. The molecule has 4 rings (SSSR count). The van der Waals surface area contributed by atoms with Crippen molar-refractivity contribution in [3.63, 3.8) is 0 Å². The number of carbonyl (C=O) groups is 2. The van der Waals surface area contributed by atoms with Crippen LogP contribution in [0.25, 0.3) is 0 Å². The second kappa shape index (κ2) is 10.2. The summed E-state index contributed by atoms with van der Waals surface area (Å²) in [7, 11) is 0. The molecule has 8 nitrogen and oxygen atoms in total. The van der Waals surface area contributed by atoms with Gasteiger partial charge in [0.2, 0.25) is 0 Å². The Morgan fingerprint density at radius 2 is 1.12 bits per heavy atom. The minimum atomic E-state index is -0.870. The van der Waals surface area contributed by atoms with Crippen LogP contribution in [0.2, 0.25) is 0 Å². The lowest BCUT2D eigenvalue weighted by Gasteiger charge is -2.10. The Morgan fingerprint density at radius 3 is 1.38 bits per heavy atom. The quantitative estimate of drug-likeness (QED) is 0.417. The van der Waals surface area contributed by atoms with E-state index in [4.69, 9.17) is 29.9 Å². The molecule has 4 fully saturated rings. The Kier molecular flexibility index (Phi) is 8.27. The first-order valence-corrected chi connectivity index (χ1v) is 9.49. The summed E-state index contributed by atoms with van der Waals surface area (Å²) in [6.45, 7) is 0. The van der Waals surface area contributed by atoms with Gasteiger partial charge in [-0.3, -0.25) is 9.59 Å². The molecule has 4 N–H and O–H groups in total. The molecule has 6 unspecified atom stereocenters. The number of aliphatic carboxylic acids is 2. The molecule has 0 bridgehead atoms. The number of carboxylic acids is 2. The first kappa shape index (κ1) is 21.1. The van der Waals surface area contributed by atoms with Crippen molar-refractivity contribution in [2.45, 2.75) is 101 Å². The van der Waals surface area contributed by atoms with E-state index < -0.39 is 11.9 Å². The van der Waals surface area contributed by atoms with Crippen LogP contribution in [0.1, 0.15) is 64.2 Å². The van der Waals surface area contributed by atoms with E-state index in [1.807, 2.05) is 0 Å². The predicted octanol–water partition coefficient (Wildman–Crippen LogP) is 1.31. The van der Waals surface area contributed by atoms with Crippen LogP contribution >= 0.6 is 0 Å². The maximum absolute atomic E-state index is 9.90. The molecule has 2 saturated carbocycles. The van der Waals surface area contributed by atoms with Crippen LogP contribution in [-0.4, -0.2) is 69.0 Å². The average Bonchev–Trinajstić information content (AvgIpc) is 3.45. The van der Waals surface area contributed by atoms with Crippen molar-refractivity contribution in [3.05, 3.63) is 0 Å². The summed E-state index contributed by atoms with van der Waals surface area (Å²) >= 11 is 0. The van der Waals surface area contributed by atoms with Gasteiger partial charge in [0.15, 0.2) is 0 Å². The summed E-state index contributed by atoms with van der Waals surface area (Å²) in [6.07, 6.45) is 8.55. The van der Waals surface area contributed by atoms with Crippen LogP contribution in [0, 0.1) is 0 Å². The number of epoxide rings is 2. The van der Waals surface area contributed by atoms with Gasteiger partial charge >= 0.3 is 11.9 Å². The van der Waals surface area contributed by atoms with Crippen molar-refractivity contribution in [1.82, 2.24) is 0 Å². The number of ether oxygens (including phenoxy) is 2. The highest BCUT2D eigenvalue weighted by molar-refractivity contribution is 5.67. The zero-order chi connectivity index (χ0) is 19.1. The molecule has 0 radical (unpaired) electrons. The van der Waals surface area contributed by atoms with Crippen LogP contribution in [-0.2, 0) is 19.1 Å². The van der Waals surface area contributed by atoms with Gasteiger partial charge in [-0.15, -0.1) is 0 Å². The summed E-state index contributed by atoms with van der Waals surface area (Å²) < 4.78 is 10.3. The fraction of sp³-hybridized carbons (Fsp3) is 0.889. The lowest BCUT2D eigenvalue weighted by Crippen LogP contribution is -2.20. The number of aliphatic hydroxyl groups excluding tert-OH is 2. The molecule has 0 spiro atoms. The number of rotatable bonds is 5. The van der Waals surface area contributed by atoms with E-state index >= 15 is 0 Å². The molecule has 0 aromatic heterocycles. The lowest BCUT2D eigenvalue weighted by molar-refractivity contribution is -0.139. The summed E-state index contributed by atoms with van der Waals surface area (Å²) in [4.78, 5) is 19.8. The summed E-state index contributed by atoms with van der Waals surface area (Å²) in [5.74, 6) is -1.74. The Labute approximate surface area is 153 Å². The molecule has 6 atom stereocenters. The number of aliphatic hydroxyl groups is 2. The molecule has 0 aromatic carbocycles. The van der Waals surface area contributed by atoms with Crippen molar-refractivity contribution in [3.8, 4) is 0 Å². The maximum atomic E-state index is 9.90. The molecule has 8 heteroatoms. The number of carboxylic acid groups (broad SMARTS) is 2.